The van der Waals surface area contributed by atoms with E-state index < -0.39 is 0 Å². The summed E-state index contributed by atoms with van der Waals surface area (Å²) in [5, 5.41) is 10.8. The van der Waals surface area contributed by atoms with Gasteiger partial charge in [0.1, 0.15) is 5.82 Å². The van der Waals surface area contributed by atoms with Crippen LogP contribution >= 0.6 is 0 Å². The van der Waals surface area contributed by atoms with Crippen LogP contribution in [0.1, 0.15) is 70.2 Å². The molecule has 7 nitrogen and oxygen atoms in total. The Bertz CT molecular complexity index is 1340. The second-order valence-electron chi connectivity index (χ2n) is 12.7. The Kier molecular flexibility index (Phi) is 7.27. The van der Waals surface area contributed by atoms with Gasteiger partial charge in [0.05, 0.1) is 11.4 Å². The molecule has 5 rings (SSSR count). The maximum atomic E-state index is 13.1. The lowest BCUT2D eigenvalue weighted by atomic mass is 9.89. The molecule has 1 aliphatic carbocycles. The first-order valence-corrected chi connectivity index (χ1v) is 14.1. The van der Waals surface area contributed by atoms with Crippen LogP contribution < -0.4 is 10.6 Å². The first kappa shape index (κ1) is 27.0. The lowest BCUT2D eigenvalue weighted by Crippen LogP contribution is -2.42. The molecule has 39 heavy (non-hydrogen) atoms. The minimum absolute atomic E-state index is 0.0838. The molecule has 0 spiro atoms. The molecule has 2 N–H and O–H groups in total. The van der Waals surface area contributed by atoms with Gasteiger partial charge >= 0.3 is 6.03 Å². The molecule has 1 saturated heterocycles. The quantitative estimate of drug-likeness (QED) is 0.374. The van der Waals surface area contributed by atoms with Gasteiger partial charge in [0.15, 0.2) is 0 Å². The minimum Gasteiger partial charge on any atom is -0.342 e. The number of hydrogen-bond acceptors (Lipinski definition) is 3. The van der Waals surface area contributed by atoms with E-state index in [1.807, 2.05) is 49.4 Å². The molecule has 7 heteroatoms. The van der Waals surface area contributed by atoms with Crippen molar-refractivity contribution < 1.29 is 9.59 Å². The van der Waals surface area contributed by atoms with Crippen molar-refractivity contribution in [1.29, 1.82) is 0 Å². The number of anilines is 2. The van der Waals surface area contributed by atoms with E-state index in [0.717, 1.165) is 62.3 Å². The predicted octanol–water partition coefficient (Wildman–Crippen LogP) is 6.70. The van der Waals surface area contributed by atoms with Crippen molar-refractivity contribution in [2.45, 2.75) is 72.1 Å². The molecule has 1 aliphatic heterocycles. The number of aryl methyl sites for hydroxylation is 1. The Hall–Kier alpha value is -3.61. The summed E-state index contributed by atoms with van der Waals surface area (Å²) < 4.78 is 1.79. The summed E-state index contributed by atoms with van der Waals surface area (Å²) >= 11 is 0. The highest BCUT2D eigenvalue weighted by Gasteiger charge is 2.47. The maximum Gasteiger partial charge on any atom is 0.324 e. The van der Waals surface area contributed by atoms with Crippen molar-refractivity contribution in [2.24, 2.45) is 11.3 Å². The number of rotatable bonds is 6. The number of urea groups is 1. The van der Waals surface area contributed by atoms with Crippen LogP contribution in [0, 0.1) is 18.3 Å². The summed E-state index contributed by atoms with van der Waals surface area (Å²) in [6, 6.07) is 17.8. The molecule has 2 heterocycles. The lowest BCUT2D eigenvalue weighted by Gasteiger charge is -2.34. The van der Waals surface area contributed by atoms with Crippen LogP contribution in [-0.2, 0) is 16.6 Å². The van der Waals surface area contributed by atoms with E-state index >= 15 is 0 Å². The van der Waals surface area contributed by atoms with Crippen LogP contribution in [0.3, 0.4) is 0 Å². The van der Waals surface area contributed by atoms with E-state index in [4.69, 9.17) is 5.10 Å². The van der Waals surface area contributed by atoms with Gasteiger partial charge in [-0.15, -0.1) is 0 Å². The number of nitrogens with zero attached hydrogens (tertiary/aromatic N) is 3. The van der Waals surface area contributed by atoms with Gasteiger partial charge < -0.3 is 10.2 Å². The van der Waals surface area contributed by atoms with Crippen molar-refractivity contribution in [3.63, 3.8) is 0 Å². The van der Waals surface area contributed by atoms with Crippen LogP contribution in [-0.4, -0.2) is 39.7 Å². The van der Waals surface area contributed by atoms with Gasteiger partial charge in [0.2, 0.25) is 5.91 Å². The number of likely N-dealkylation sites (tertiary alicyclic amines) is 1. The highest BCUT2D eigenvalue weighted by atomic mass is 16.2. The summed E-state index contributed by atoms with van der Waals surface area (Å²) in [6.45, 7) is 12.2. The summed E-state index contributed by atoms with van der Waals surface area (Å²) in [7, 11) is 0. The number of carbonyl (C=O) groups excluding carboxylic acids is 2. The summed E-state index contributed by atoms with van der Waals surface area (Å²) in [4.78, 5) is 27.8. The van der Waals surface area contributed by atoms with Crippen molar-refractivity contribution in [3.05, 3.63) is 71.4 Å². The number of hydrogen-bond donors (Lipinski definition) is 2. The van der Waals surface area contributed by atoms with Crippen molar-refractivity contribution >= 4 is 23.4 Å². The van der Waals surface area contributed by atoms with Crippen LogP contribution in [0.5, 0.6) is 0 Å². The van der Waals surface area contributed by atoms with Crippen LogP contribution in [0.15, 0.2) is 54.6 Å². The first-order valence-electron chi connectivity index (χ1n) is 14.1. The van der Waals surface area contributed by atoms with E-state index in [9.17, 15) is 9.59 Å². The monoisotopic (exact) mass is 527 g/mol. The molecule has 2 aliphatic rings. The molecule has 3 aromatic rings. The number of aromatic nitrogens is 2. The van der Waals surface area contributed by atoms with Gasteiger partial charge in [-0.1, -0.05) is 57.5 Å². The van der Waals surface area contributed by atoms with Gasteiger partial charge in [-0.05, 0) is 74.8 Å². The fourth-order valence-corrected chi connectivity index (χ4v) is 5.23. The Labute approximate surface area is 232 Å². The molecular formula is C32H41N5O2. The molecular weight excluding hydrogens is 486 g/mol. The SMILES string of the molecule is Cc1ccc(-n2nc(C(C)(C)C)cc2NC(=O)Nc2cccc(CC3CCN(C(=O)C4(C)CC4)CC3)c2)cc1. The highest BCUT2D eigenvalue weighted by molar-refractivity contribution is 5.99. The van der Waals surface area contributed by atoms with Crippen molar-refractivity contribution in [2.75, 3.05) is 23.7 Å². The number of benzene rings is 2. The predicted molar refractivity (Wildman–Crippen MR) is 156 cm³/mol. The average molecular weight is 528 g/mol. The van der Waals surface area contributed by atoms with Crippen LogP contribution in [0.25, 0.3) is 5.69 Å². The summed E-state index contributed by atoms with van der Waals surface area (Å²) in [5.74, 6) is 1.51. The van der Waals surface area contributed by atoms with Gasteiger partial charge in [-0.2, -0.15) is 5.10 Å². The van der Waals surface area contributed by atoms with E-state index in [1.165, 1.54) is 11.1 Å². The lowest BCUT2D eigenvalue weighted by molar-refractivity contribution is -0.137. The second-order valence-corrected chi connectivity index (χ2v) is 12.7. The molecule has 0 bridgehead atoms. The minimum atomic E-state index is -0.304. The van der Waals surface area contributed by atoms with Gasteiger partial charge in [0.25, 0.3) is 0 Å². The van der Waals surface area contributed by atoms with Crippen molar-refractivity contribution in [3.8, 4) is 5.69 Å². The largest absolute Gasteiger partial charge is 0.342 e. The van der Waals surface area contributed by atoms with Gasteiger partial charge in [-0.25, -0.2) is 9.48 Å². The first-order chi connectivity index (χ1) is 18.5. The van der Waals surface area contributed by atoms with E-state index in [-0.39, 0.29) is 16.9 Å². The number of amides is 3. The van der Waals surface area contributed by atoms with Crippen LogP contribution in [0.2, 0.25) is 0 Å². The van der Waals surface area contributed by atoms with E-state index in [1.54, 1.807) is 4.68 Å². The molecule has 2 fully saturated rings. The van der Waals surface area contributed by atoms with E-state index in [2.05, 4.69) is 55.4 Å². The molecule has 0 unspecified atom stereocenters. The molecule has 1 saturated carbocycles. The molecule has 2 aromatic carbocycles. The topological polar surface area (TPSA) is 79.3 Å². The summed E-state index contributed by atoms with van der Waals surface area (Å²) in [6.07, 6.45) is 5.07. The fraction of sp³-hybridized carbons (Fsp3) is 0.469. The Morgan fingerprint density at radius 3 is 2.33 bits per heavy atom. The smallest absolute Gasteiger partial charge is 0.324 e. The zero-order valence-corrected chi connectivity index (χ0v) is 23.9. The molecule has 0 atom stereocenters. The van der Waals surface area contributed by atoms with Gasteiger partial charge in [-0.3, -0.25) is 10.1 Å². The normalized spacial score (nSPS) is 17.1. The highest BCUT2D eigenvalue weighted by Crippen LogP contribution is 2.47. The number of carbonyl (C=O) groups is 2. The standard InChI is InChI=1S/C32H41N5O2/c1-22-9-11-26(12-10-22)37-28(21-27(35-37)31(2,3)4)34-30(39)33-25-8-6-7-24(20-25)19-23-13-17-36(18-14-23)29(38)32(5)15-16-32/h6-12,20-21,23H,13-19H2,1-5H3,(H2,33,34,39). The zero-order valence-electron chi connectivity index (χ0n) is 23.9. The number of piperidine rings is 1. The summed E-state index contributed by atoms with van der Waals surface area (Å²) in [5.41, 5.74) is 4.69. The third kappa shape index (κ3) is 6.35. The van der Waals surface area contributed by atoms with Gasteiger partial charge in [0, 0.05) is 35.7 Å². The second kappa shape index (κ2) is 10.5. The maximum absolute atomic E-state index is 13.1. The fourth-order valence-electron chi connectivity index (χ4n) is 5.23. The number of nitrogens with one attached hydrogen (secondary N) is 2. The Morgan fingerprint density at radius 1 is 1.00 bits per heavy atom. The van der Waals surface area contributed by atoms with Crippen molar-refractivity contribution in [1.82, 2.24) is 14.7 Å². The molecule has 0 radical (unpaired) electrons. The molecule has 1 aromatic heterocycles. The Morgan fingerprint density at radius 2 is 1.69 bits per heavy atom. The Balaban J connectivity index is 1.22. The zero-order chi connectivity index (χ0) is 27.8. The molecule has 206 valence electrons. The third-order valence-corrected chi connectivity index (χ3v) is 8.13. The van der Waals surface area contributed by atoms with E-state index in [0.29, 0.717) is 17.6 Å². The average Bonchev–Trinajstić information content (AvgIpc) is 3.50. The molecule has 3 amide bonds. The third-order valence-electron chi connectivity index (χ3n) is 8.13. The van der Waals surface area contributed by atoms with Crippen LogP contribution in [0.4, 0.5) is 16.3 Å².